The topological polar surface area (TPSA) is 125 Å². The predicted molar refractivity (Wildman–Crippen MR) is 112 cm³/mol. The van der Waals surface area contributed by atoms with Crippen molar-refractivity contribution in [2.75, 3.05) is 19.3 Å². The molecule has 1 aromatic rings. The summed E-state index contributed by atoms with van der Waals surface area (Å²) in [6, 6.07) is 7.78. The summed E-state index contributed by atoms with van der Waals surface area (Å²) in [6.45, 7) is 4.08. The molecule has 1 fully saturated rings. The van der Waals surface area contributed by atoms with Crippen LogP contribution in [0.25, 0.3) is 0 Å². The minimum absolute atomic E-state index is 0.0782. The monoisotopic (exact) mass is 441 g/mol. The minimum atomic E-state index is -3.40. The number of carbonyl (C=O) groups is 2. The van der Waals surface area contributed by atoms with Crippen LogP contribution in [0.4, 0.5) is 4.79 Å². The van der Waals surface area contributed by atoms with Crippen LogP contribution in [0.1, 0.15) is 32.3 Å². The number of nitrogens with one attached hydrogen (secondary N) is 2. The lowest BCUT2D eigenvalue weighted by molar-refractivity contribution is -0.125. The first-order chi connectivity index (χ1) is 14.1. The van der Waals surface area contributed by atoms with E-state index in [1.165, 1.54) is 4.31 Å². The maximum absolute atomic E-state index is 12.8. The third-order valence-electron chi connectivity index (χ3n) is 4.87. The fourth-order valence-electron chi connectivity index (χ4n) is 3.27. The van der Waals surface area contributed by atoms with Crippen LogP contribution in [-0.2, 0) is 26.2 Å². The van der Waals surface area contributed by atoms with Crippen LogP contribution in [0.3, 0.4) is 0 Å². The molecular formula is C20H31N3O6S. The van der Waals surface area contributed by atoms with Gasteiger partial charge in [-0.25, -0.2) is 13.2 Å². The second kappa shape index (κ2) is 10.7. The quantitative estimate of drug-likeness (QED) is 0.549. The van der Waals surface area contributed by atoms with Gasteiger partial charge in [-0.05, 0) is 24.3 Å². The maximum Gasteiger partial charge on any atom is 0.408 e. The van der Waals surface area contributed by atoms with Crippen LogP contribution >= 0.6 is 0 Å². The number of β-amino-alcohol motifs (C(OH)–C–C–N with tert-alkyl or cyclic N) is 1. The van der Waals surface area contributed by atoms with Gasteiger partial charge in [0.1, 0.15) is 12.6 Å². The highest BCUT2D eigenvalue weighted by Crippen LogP contribution is 2.15. The molecule has 0 bridgehead atoms. The molecule has 3 atom stereocenters. The lowest BCUT2D eigenvalue weighted by Gasteiger charge is -2.35. The molecule has 168 valence electrons. The summed E-state index contributed by atoms with van der Waals surface area (Å²) >= 11 is 0. The number of hydrogen-bond donors (Lipinski definition) is 3. The number of aliphatic hydroxyl groups is 1. The average Bonchev–Trinajstić information content (AvgIpc) is 2.67. The number of amides is 2. The van der Waals surface area contributed by atoms with Crippen molar-refractivity contribution < 1.29 is 27.9 Å². The van der Waals surface area contributed by atoms with Gasteiger partial charge in [-0.3, -0.25) is 4.79 Å². The standard InChI is InChI=1S/C20H31N3O6S/c1-14(2)11-17(22-20(26)29-13-15-7-5-4-6-8-15)19(25)21-16-9-10-23(12-18(16)24)30(3,27)28/h4-8,14,16-18,24H,9-13H2,1-3H3,(H,21,25)(H,22,26)/t16?,17-,18?/m0/s1. The van der Waals surface area contributed by atoms with Crippen LogP contribution in [0.15, 0.2) is 30.3 Å². The van der Waals surface area contributed by atoms with Gasteiger partial charge in [0.25, 0.3) is 0 Å². The van der Waals surface area contributed by atoms with Crippen molar-refractivity contribution >= 4 is 22.0 Å². The first-order valence-corrected chi connectivity index (χ1v) is 11.8. The van der Waals surface area contributed by atoms with E-state index < -0.39 is 40.2 Å². The third-order valence-corrected chi connectivity index (χ3v) is 6.14. The summed E-state index contributed by atoms with van der Waals surface area (Å²) < 4.78 is 29.7. The van der Waals surface area contributed by atoms with Gasteiger partial charge in [0.15, 0.2) is 0 Å². The van der Waals surface area contributed by atoms with Gasteiger partial charge < -0.3 is 20.5 Å². The molecule has 0 aliphatic carbocycles. The number of sulfonamides is 1. The third kappa shape index (κ3) is 7.58. The van der Waals surface area contributed by atoms with E-state index in [0.717, 1.165) is 11.8 Å². The molecule has 2 rings (SSSR count). The van der Waals surface area contributed by atoms with E-state index in [2.05, 4.69) is 10.6 Å². The Morgan fingerprint density at radius 2 is 1.93 bits per heavy atom. The summed E-state index contributed by atoms with van der Waals surface area (Å²) in [5.74, 6) is -0.301. The fraction of sp³-hybridized carbons (Fsp3) is 0.600. The first-order valence-electron chi connectivity index (χ1n) is 9.97. The Hall–Kier alpha value is -2.17. The second-order valence-corrected chi connectivity index (χ2v) is 9.96. The van der Waals surface area contributed by atoms with Gasteiger partial charge in [-0.15, -0.1) is 0 Å². The van der Waals surface area contributed by atoms with Crippen molar-refractivity contribution in [2.45, 2.75) is 51.5 Å². The zero-order chi connectivity index (χ0) is 22.3. The summed E-state index contributed by atoms with van der Waals surface area (Å²) in [6.07, 6.45) is 0.0360. The summed E-state index contributed by atoms with van der Waals surface area (Å²) in [5, 5.41) is 15.6. The molecule has 0 aromatic heterocycles. The zero-order valence-electron chi connectivity index (χ0n) is 17.6. The Labute approximate surface area is 177 Å². The Balaban J connectivity index is 1.92. The summed E-state index contributed by atoms with van der Waals surface area (Å²) in [7, 11) is -3.40. The smallest absolute Gasteiger partial charge is 0.408 e. The number of rotatable bonds is 8. The predicted octanol–water partition coefficient (Wildman–Crippen LogP) is 0.839. The van der Waals surface area contributed by atoms with Gasteiger partial charge in [0.2, 0.25) is 15.9 Å². The van der Waals surface area contributed by atoms with E-state index in [1.54, 1.807) is 0 Å². The number of piperidine rings is 1. The largest absolute Gasteiger partial charge is 0.445 e. The highest BCUT2D eigenvalue weighted by molar-refractivity contribution is 7.88. The normalized spacial score (nSPS) is 21.1. The molecule has 30 heavy (non-hydrogen) atoms. The number of ether oxygens (including phenoxy) is 1. The lowest BCUT2D eigenvalue weighted by atomic mass is 10.00. The number of hydrogen-bond acceptors (Lipinski definition) is 6. The van der Waals surface area contributed by atoms with E-state index in [0.29, 0.717) is 6.42 Å². The minimum Gasteiger partial charge on any atom is -0.445 e. The van der Waals surface area contributed by atoms with Crippen molar-refractivity contribution in [1.82, 2.24) is 14.9 Å². The van der Waals surface area contributed by atoms with Crippen LogP contribution in [0.5, 0.6) is 0 Å². The number of aliphatic hydroxyl groups excluding tert-OH is 1. The molecule has 1 heterocycles. The summed E-state index contributed by atoms with van der Waals surface area (Å²) in [4.78, 5) is 24.9. The van der Waals surface area contributed by atoms with Crippen LogP contribution < -0.4 is 10.6 Å². The van der Waals surface area contributed by atoms with Gasteiger partial charge in [0.05, 0.1) is 18.4 Å². The Bertz CT molecular complexity index is 815. The van der Waals surface area contributed by atoms with Crippen molar-refractivity contribution in [3.63, 3.8) is 0 Å². The molecule has 3 N–H and O–H groups in total. The van der Waals surface area contributed by atoms with Gasteiger partial charge >= 0.3 is 6.09 Å². The molecule has 2 unspecified atom stereocenters. The highest BCUT2D eigenvalue weighted by atomic mass is 32.2. The van der Waals surface area contributed by atoms with Crippen molar-refractivity contribution in [2.24, 2.45) is 5.92 Å². The van der Waals surface area contributed by atoms with Crippen LogP contribution in [-0.4, -0.2) is 67.4 Å². The van der Waals surface area contributed by atoms with Crippen LogP contribution in [0, 0.1) is 5.92 Å². The average molecular weight is 442 g/mol. The highest BCUT2D eigenvalue weighted by Gasteiger charge is 2.34. The van der Waals surface area contributed by atoms with Crippen molar-refractivity contribution in [3.8, 4) is 0 Å². The number of benzene rings is 1. The molecule has 2 amide bonds. The number of nitrogens with zero attached hydrogens (tertiary/aromatic N) is 1. The van der Waals surface area contributed by atoms with Crippen LogP contribution in [0.2, 0.25) is 0 Å². The van der Waals surface area contributed by atoms with E-state index in [9.17, 15) is 23.1 Å². The Kier molecular flexibility index (Phi) is 8.63. The first kappa shape index (κ1) is 24.1. The molecule has 9 nitrogen and oxygen atoms in total. The molecule has 1 saturated heterocycles. The lowest BCUT2D eigenvalue weighted by Crippen LogP contribution is -2.58. The fourth-order valence-corrected chi connectivity index (χ4v) is 4.13. The molecule has 0 spiro atoms. The van der Waals surface area contributed by atoms with E-state index >= 15 is 0 Å². The van der Waals surface area contributed by atoms with E-state index in [-0.39, 0.29) is 32.0 Å². The zero-order valence-corrected chi connectivity index (χ0v) is 18.4. The molecular weight excluding hydrogens is 410 g/mol. The van der Waals surface area contributed by atoms with Gasteiger partial charge in [-0.1, -0.05) is 44.2 Å². The Morgan fingerprint density at radius 3 is 2.50 bits per heavy atom. The van der Waals surface area contributed by atoms with Gasteiger partial charge in [0, 0.05) is 13.1 Å². The number of alkyl carbamates (subject to hydrolysis) is 1. The Morgan fingerprint density at radius 1 is 1.27 bits per heavy atom. The second-order valence-electron chi connectivity index (χ2n) is 7.98. The molecule has 10 heteroatoms. The van der Waals surface area contributed by atoms with E-state index in [1.807, 2.05) is 44.2 Å². The van der Waals surface area contributed by atoms with E-state index in [4.69, 9.17) is 4.74 Å². The number of carbonyl (C=O) groups excluding carboxylic acids is 2. The molecule has 0 radical (unpaired) electrons. The SMILES string of the molecule is CC(C)C[C@H](NC(=O)OCc1ccccc1)C(=O)NC1CCN(S(C)(=O)=O)CC1O. The molecule has 1 aliphatic heterocycles. The summed E-state index contributed by atoms with van der Waals surface area (Å²) in [5.41, 5.74) is 0.832. The maximum atomic E-state index is 12.8. The van der Waals surface area contributed by atoms with Crippen molar-refractivity contribution in [3.05, 3.63) is 35.9 Å². The molecule has 0 saturated carbocycles. The molecule has 1 aromatic carbocycles. The van der Waals surface area contributed by atoms with Crippen molar-refractivity contribution in [1.29, 1.82) is 0 Å². The molecule has 1 aliphatic rings. The van der Waals surface area contributed by atoms with Gasteiger partial charge in [-0.2, -0.15) is 4.31 Å².